The zero-order valence-corrected chi connectivity index (χ0v) is 15.5. The summed E-state index contributed by atoms with van der Waals surface area (Å²) in [6, 6.07) is 11.2. The lowest BCUT2D eigenvalue weighted by Crippen LogP contribution is -2.43. The Morgan fingerprint density at radius 3 is 2.57 bits per heavy atom. The number of likely N-dealkylation sites (tertiary alicyclic amines) is 1. The van der Waals surface area contributed by atoms with Crippen molar-refractivity contribution in [2.45, 2.75) is 31.5 Å². The summed E-state index contributed by atoms with van der Waals surface area (Å²) in [5.41, 5.74) is -0.0784. The minimum Gasteiger partial charge on any atom is -0.496 e. The number of nitrogens with zero attached hydrogens (tertiary/aromatic N) is 2. The predicted molar refractivity (Wildman–Crippen MR) is 99.2 cm³/mol. The minimum atomic E-state index is -4.47. The van der Waals surface area contributed by atoms with Gasteiger partial charge in [-0.05, 0) is 31.0 Å². The standard InChI is InChI=1S/C20H22F3N3O2/c1-28-16-6-3-2-5-14(16)13-19(27)26-11-9-15(10-12-26)24-18-8-4-7-17(25-18)20(21,22)23/h2-8,15H,9-13H2,1H3,(H,24,25). The molecule has 1 saturated heterocycles. The average molecular weight is 393 g/mol. The molecule has 1 aromatic carbocycles. The molecule has 0 unspecified atom stereocenters. The number of para-hydroxylation sites is 1. The first-order chi connectivity index (χ1) is 13.4. The SMILES string of the molecule is COc1ccccc1CC(=O)N1CCC(Nc2cccc(C(F)(F)F)n2)CC1. The van der Waals surface area contributed by atoms with Gasteiger partial charge in [0.15, 0.2) is 0 Å². The normalized spacial score (nSPS) is 15.4. The van der Waals surface area contributed by atoms with Crippen molar-refractivity contribution >= 4 is 11.7 Å². The van der Waals surface area contributed by atoms with Crippen molar-refractivity contribution in [3.8, 4) is 5.75 Å². The van der Waals surface area contributed by atoms with Crippen molar-refractivity contribution in [2.75, 3.05) is 25.5 Å². The molecule has 8 heteroatoms. The maximum absolute atomic E-state index is 12.8. The third-order valence-electron chi connectivity index (χ3n) is 4.77. The first-order valence-electron chi connectivity index (χ1n) is 9.07. The largest absolute Gasteiger partial charge is 0.496 e. The Morgan fingerprint density at radius 1 is 1.18 bits per heavy atom. The van der Waals surface area contributed by atoms with Gasteiger partial charge in [0.2, 0.25) is 5.91 Å². The van der Waals surface area contributed by atoms with Crippen molar-refractivity contribution < 1.29 is 22.7 Å². The molecule has 5 nitrogen and oxygen atoms in total. The summed E-state index contributed by atoms with van der Waals surface area (Å²) in [6.45, 7) is 1.09. The lowest BCUT2D eigenvalue weighted by molar-refractivity contribution is -0.141. The van der Waals surface area contributed by atoms with Gasteiger partial charge in [-0.3, -0.25) is 4.79 Å². The Bertz CT molecular complexity index is 818. The number of hydrogen-bond donors (Lipinski definition) is 1. The van der Waals surface area contributed by atoms with E-state index in [0.717, 1.165) is 11.6 Å². The zero-order valence-electron chi connectivity index (χ0n) is 15.5. The number of amides is 1. The fourth-order valence-electron chi connectivity index (χ4n) is 3.28. The molecule has 1 fully saturated rings. The predicted octanol–water partition coefficient (Wildman–Crippen LogP) is 3.75. The van der Waals surface area contributed by atoms with E-state index in [9.17, 15) is 18.0 Å². The molecule has 1 aliphatic rings. The second-order valence-corrected chi connectivity index (χ2v) is 6.69. The second kappa shape index (κ2) is 8.50. The highest BCUT2D eigenvalue weighted by molar-refractivity contribution is 5.79. The molecule has 0 aliphatic carbocycles. The topological polar surface area (TPSA) is 54.5 Å². The number of aromatic nitrogens is 1. The molecule has 0 radical (unpaired) electrons. The quantitative estimate of drug-likeness (QED) is 0.841. The highest BCUT2D eigenvalue weighted by Crippen LogP contribution is 2.28. The number of piperidine rings is 1. The number of methoxy groups -OCH3 is 1. The molecule has 1 aliphatic heterocycles. The summed E-state index contributed by atoms with van der Waals surface area (Å²) >= 11 is 0. The van der Waals surface area contributed by atoms with Crippen molar-refractivity contribution in [3.05, 3.63) is 53.7 Å². The van der Waals surface area contributed by atoms with Crippen LogP contribution in [0.3, 0.4) is 0 Å². The van der Waals surface area contributed by atoms with Crippen LogP contribution in [0.4, 0.5) is 19.0 Å². The van der Waals surface area contributed by atoms with Crippen LogP contribution >= 0.6 is 0 Å². The van der Waals surface area contributed by atoms with E-state index in [4.69, 9.17) is 4.74 Å². The van der Waals surface area contributed by atoms with Gasteiger partial charge in [-0.2, -0.15) is 13.2 Å². The maximum atomic E-state index is 12.8. The summed E-state index contributed by atoms with van der Waals surface area (Å²) in [5.74, 6) is 0.900. The van der Waals surface area contributed by atoms with Crippen molar-refractivity contribution in [2.24, 2.45) is 0 Å². The van der Waals surface area contributed by atoms with Crippen LogP contribution in [0.1, 0.15) is 24.1 Å². The average Bonchev–Trinajstić information content (AvgIpc) is 2.68. The number of pyridine rings is 1. The van der Waals surface area contributed by atoms with Crippen LogP contribution in [0, 0.1) is 0 Å². The van der Waals surface area contributed by atoms with Crippen LogP contribution in [-0.2, 0) is 17.4 Å². The first-order valence-corrected chi connectivity index (χ1v) is 9.07. The van der Waals surface area contributed by atoms with E-state index < -0.39 is 11.9 Å². The molecule has 0 bridgehead atoms. The molecule has 150 valence electrons. The summed E-state index contributed by atoms with van der Waals surface area (Å²) < 4.78 is 43.6. The minimum absolute atomic E-state index is 0.0140. The number of alkyl halides is 3. The van der Waals surface area contributed by atoms with E-state index in [-0.39, 0.29) is 24.2 Å². The fourth-order valence-corrected chi connectivity index (χ4v) is 3.28. The molecular weight excluding hydrogens is 371 g/mol. The number of anilines is 1. The van der Waals surface area contributed by atoms with E-state index in [1.807, 2.05) is 24.3 Å². The third kappa shape index (κ3) is 4.94. The van der Waals surface area contributed by atoms with Gasteiger partial charge < -0.3 is 15.0 Å². The molecular formula is C20H22F3N3O2. The molecule has 2 heterocycles. The number of rotatable bonds is 5. The van der Waals surface area contributed by atoms with Gasteiger partial charge >= 0.3 is 6.18 Å². The number of hydrogen-bond acceptors (Lipinski definition) is 4. The van der Waals surface area contributed by atoms with E-state index >= 15 is 0 Å². The van der Waals surface area contributed by atoms with Crippen LogP contribution < -0.4 is 10.1 Å². The molecule has 1 amide bonds. The number of halogens is 3. The monoisotopic (exact) mass is 393 g/mol. The number of ether oxygens (including phenoxy) is 1. The van der Waals surface area contributed by atoms with Crippen molar-refractivity contribution in [1.29, 1.82) is 0 Å². The van der Waals surface area contributed by atoms with Gasteiger partial charge in [0.1, 0.15) is 17.3 Å². The van der Waals surface area contributed by atoms with E-state index in [1.165, 1.54) is 12.1 Å². The van der Waals surface area contributed by atoms with Gasteiger partial charge in [-0.1, -0.05) is 24.3 Å². The summed E-state index contributed by atoms with van der Waals surface area (Å²) in [6.07, 6.45) is -2.91. The Balaban J connectivity index is 1.54. The smallest absolute Gasteiger partial charge is 0.433 e. The lowest BCUT2D eigenvalue weighted by atomic mass is 10.0. The highest BCUT2D eigenvalue weighted by atomic mass is 19.4. The molecule has 2 aromatic rings. The highest BCUT2D eigenvalue weighted by Gasteiger charge is 2.32. The molecule has 1 aromatic heterocycles. The number of benzene rings is 1. The van der Waals surface area contributed by atoms with Gasteiger partial charge in [0, 0.05) is 24.7 Å². The summed E-state index contributed by atoms with van der Waals surface area (Å²) in [7, 11) is 1.57. The Hall–Kier alpha value is -2.77. The molecule has 28 heavy (non-hydrogen) atoms. The summed E-state index contributed by atoms with van der Waals surface area (Å²) in [5, 5.41) is 3.05. The first kappa shape index (κ1) is 20.0. The van der Waals surface area contributed by atoms with E-state index in [2.05, 4.69) is 10.3 Å². The zero-order chi connectivity index (χ0) is 20.1. The Morgan fingerprint density at radius 2 is 1.89 bits per heavy atom. The molecule has 0 spiro atoms. The van der Waals surface area contributed by atoms with Crippen LogP contribution in [0.25, 0.3) is 0 Å². The lowest BCUT2D eigenvalue weighted by Gasteiger charge is -2.33. The van der Waals surface area contributed by atoms with Crippen LogP contribution in [0.5, 0.6) is 5.75 Å². The number of carbonyl (C=O) groups excluding carboxylic acids is 1. The molecule has 0 atom stereocenters. The molecule has 3 rings (SSSR count). The van der Waals surface area contributed by atoms with Crippen LogP contribution in [-0.4, -0.2) is 42.0 Å². The third-order valence-corrected chi connectivity index (χ3v) is 4.77. The molecule has 0 saturated carbocycles. The Labute approximate surface area is 161 Å². The number of carbonyl (C=O) groups is 1. The van der Waals surface area contributed by atoms with Crippen molar-refractivity contribution in [1.82, 2.24) is 9.88 Å². The van der Waals surface area contributed by atoms with Gasteiger partial charge in [0.05, 0.1) is 13.5 Å². The van der Waals surface area contributed by atoms with Crippen molar-refractivity contribution in [3.63, 3.8) is 0 Å². The second-order valence-electron chi connectivity index (χ2n) is 6.69. The summed E-state index contributed by atoms with van der Waals surface area (Å²) in [4.78, 5) is 18.0. The fraction of sp³-hybridized carbons (Fsp3) is 0.400. The van der Waals surface area contributed by atoms with Gasteiger partial charge in [-0.25, -0.2) is 4.98 Å². The van der Waals surface area contributed by atoms with Crippen LogP contribution in [0.15, 0.2) is 42.5 Å². The van der Waals surface area contributed by atoms with Gasteiger partial charge in [0.25, 0.3) is 0 Å². The van der Waals surface area contributed by atoms with Crippen LogP contribution in [0.2, 0.25) is 0 Å². The molecule has 1 N–H and O–H groups in total. The van der Waals surface area contributed by atoms with Gasteiger partial charge in [-0.15, -0.1) is 0 Å². The maximum Gasteiger partial charge on any atom is 0.433 e. The Kier molecular flexibility index (Phi) is 6.06. The van der Waals surface area contributed by atoms with E-state index in [1.54, 1.807) is 12.0 Å². The number of nitrogens with one attached hydrogen (secondary N) is 1. The van der Waals surface area contributed by atoms with E-state index in [0.29, 0.717) is 31.7 Å².